The summed E-state index contributed by atoms with van der Waals surface area (Å²) in [5.41, 5.74) is 1.82. The number of likely N-dealkylation sites (tertiary alicyclic amines) is 1. The van der Waals surface area contributed by atoms with E-state index in [1.165, 1.54) is 32.1 Å². The second-order valence-electron chi connectivity index (χ2n) is 7.73. The maximum absolute atomic E-state index is 12.8. The van der Waals surface area contributed by atoms with Crippen molar-refractivity contribution in [2.75, 3.05) is 25.0 Å². The van der Waals surface area contributed by atoms with Crippen molar-refractivity contribution in [3.05, 3.63) is 29.8 Å². The molecule has 0 aromatic heterocycles. The molecule has 1 saturated heterocycles. The first kappa shape index (κ1) is 18.2. The SMILES string of the molecule is CCC1CCCCC1Nc1cccc(C(=O)N2CCCC(CO)C2)c1. The number of carbonyl (C=O) groups is 1. The smallest absolute Gasteiger partial charge is 0.253 e. The van der Waals surface area contributed by atoms with E-state index in [1.807, 2.05) is 23.1 Å². The van der Waals surface area contributed by atoms with Gasteiger partial charge in [0, 0.05) is 37.0 Å². The number of nitrogens with zero attached hydrogens (tertiary/aromatic N) is 1. The fraction of sp³-hybridized carbons (Fsp3) is 0.667. The van der Waals surface area contributed by atoms with Gasteiger partial charge in [-0.15, -0.1) is 0 Å². The zero-order valence-electron chi connectivity index (χ0n) is 15.4. The van der Waals surface area contributed by atoms with Gasteiger partial charge in [0.1, 0.15) is 0 Å². The predicted octanol–water partition coefficient (Wildman–Crippen LogP) is 3.91. The first-order valence-electron chi connectivity index (χ1n) is 9.98. The van der Waals surface area contributed by atoms with Crippen molar-refractivity contribution in [1.82, 2.24) is 4.90 Å². The zero-order valence-corrected chi connectivity index (χ0v) is 15.4. The van der Waals surface area contributed by atoms with E-state index in [2.05, 4.69) is 18.3 Å². The van der Waals surface area contributed by atoms with Crippen molar-refractivity contribution in [2.45, 2.75) is 57.9 Å². The summed E-state index contributed by atoms with van der Waals surface area (Å²) in [5.74, 6) is 1.06. The summed E-state index contributed by atoms with van der Waals surface area (Å²) in [4.78, 5) is 14.7. The van der Waals surface area contributed by atoms with E-state index in [-0.39, 0.29) is 18.4 Å². The third kappa shape index (κ3) is 4.55. The van der Waals surface area contributed by atoms with Gasteiger partial charge in [0.05, 0.1) is 0 Å². The van der Waals surface area contributed by atoms with Crippen LogP contribution in [0.25, 0.3) is 0 Å². The van der Waals surface area contributed by atoms with Crippen LogP contribution in [0.15, 0.2) is 24.3 Å². The average Bonchev–Trinajstić information content (AvgIpc) is 2.68. The summed E-state index contributed by atoms with van der Waals surface area (Å²) in [6, 6.07) is 8.50. The third-order valence-electron chi connectivity index (χ3n) is 5.96. The van der Waals surface area contributed by atoms with Gasteiger partial charge in [-0.3, -0.25) is 4.79 Å². The van der Waals surface area contributed by atoms with Gasteiger partial charge in [-0.25, -0.2) is 0 Å². The minimum atomic E-state index is 0.0949. The van der Waals surface area contributed by atoms with Gasteiger partial charge >= 0.3 is 0 Å². The van der Waals surface area contributed by atoms with Crippen LogP contribution in [0.3, 0.4) is 0 Å². The lowest BCUT2D eigenvalue weighted by molar-refractivity contribution is 0.0621. The maximum atomic E-state index is 12.8. The van der Waals surface area contributed by atoms with Crippen molar-refractivity contribution in [3.63, 3.8) is 0 Å². The van der Waals surface area contributed by atoms with Crippen LogP contribution >= 0.6 is 0 Å². The molecule has 1 heterocycles. The van der Waals surface area contributed by atoms with E-state index in [0.717, 1.165) is 36.6 Å². The number of aliphatic hydroxyl groups excluding tert-OH is 1. The number of anilines is 1. The highest BCUT2D eigenvalue weighted by atomic mass is 16.3. The van der Waals surface area contributed by atoms with Gasteiger partial charge in [-0.05, 0) is 55.7 Å². The summed E-state index contributed by atoms with van der Waals surface area (Å²) in [6.07, 6.45) is 8.38. The van der Waals surface area contributed by atoms with Crippen LogP contribution in [0.2, 0.25) is 0 Å². The highest BCUT2D eigenvalue weighted by Gasteiger charge is 2.25. The van der Waals surface area contributed by atoms with Gasteiger partial charge in [-0.1, -0.05) is 32.3 Å². The van der Waals surface area contributed by atoms with E-state index in [4.69, 9.17) is 0 Å². The Kier molecular flexibility index (Phi) is 6.35. The molecule has 1 aromatic carbocycles. The van der Waals surface area contributed by atoms with Crippen molar-refractivity contribution >= 4 is 11.6 Å². The molecule has 1 amide bonds. The number of rotatable bonds is 5. The molecule has 1 aliphatic carbocycles. The number of hydrogen-bond donors (Lipinski definition) is 2. The summed E-state index contributed by atoms with van der Waals surface area (Å²) in [5, 5.41) is 13.1. The highest BCUT2D eigenvalue weighted by Crippen LogP contribution is 2.29. The Morgan fingerprint density at radius 2 is 2.08 bits per heavy atom. The number of carbonyl (C=O) groups excluding carboxylic acids is 1. The standard InChI is InChI=1S/C21H32N2O2/c1-2-17-8-3-4-11-20(17)22-19-10-5-9-18(13-19)21(25)23-12-6-7-16(14-23)15-24/h5,9-10,13,16-17,20,22,24H,2-4,6-8,11-12,14-15H2,1H3. The lowest BCUT2D eigenvalue weighted by Gasteiger charge is -2.33. The van der Waals surface area contributed by atoms with E-state index in [1.54, 1.807) is 0 Å². The molecule has 138 valence electrons. The predicted molar refractivity (Wildman–Crippen MR) is 102 cm³/mol. The summed E-state index contributed by atoms with van der Waals surface area (Å²) in [6.45, 7) is 3.92. The molecule has 2 aliphatic rings. The molecule has 4 heteroatoms. The summed E-state index contributed by atoms with van der Waals surface area (Å²) < 4.78 is 0. The molecule has 0 radical (unpaired) electrons. The molecule has 0 spiro atoms. The van der Waals surface area contributed by atoms with Crippen LogP contribution in [0.5, 0.6) is 0 Å². The minimum Gasteiger partial charge on any atom is -0.396 e. The third-order valence-corrected chi connectivity index (χ3v) is 5.96. The quantitative estimate of drug-likeness (QED) is 0.851. The van der Waals surface area contributed by atoms with Gasteiger partial charge < -0.3 is 15.3 Å². The molecule has 2 fully saturated rings. The fourth-order valence-electron chi connectivity index (χ4n) is 4.42. The summed E-state index contributed by atoms with van der Waals surface area (Å²) in [7, 11) is 0. The Hall–Kier alpha value is -1.55. The Balaban J connectivity index is 1.67. The average molecular weight is 344 g/mol. The van der Waals surface area contributed by atoms with Crippen molar-refractivity contribution in [2.24, 2.45) is 11.8 Å². The molecule has 3 unspecified atom stereocenters. The molecule has 1 saturated carbocycles. The number of benzene rings is 1. The molecule has 3 atom stereocenters. The lowest BCUT2D eigenvalue weighted by Crippen LogP contribution is -2.41. The Morgan fingerprint density at radius 1 is 1.24 bits per heavy atom. The number of piperidine rings is 1. The van der Waals surface area contributed by atoms with Gasteiger partial charge in [-0.2, -0.15) is 0 Å². The van der Waals surface area contributed by atoms with Gasteiger partial charge in [0.25, 0.3) is 5.91 Å². The largest absolute Gasteiger partial charge is 0.396 e. The topological polar surface area (TPSA) is 52.6 Å². The molecule has 0 bridgehead atoms. The van der Waals surface area contributed by atoms with E-state index in [9.17, 15) is 9.90 Å². The van der Waals surface area contributed by atoms with Crippen LogP contribution < -0.4 is 5.32 Å². The number of nitrogens with one attached hydrogen (secondary N) is 1. The normalized spacial score (nSPS) is 27.1. The van der Waals surface area contributed by atoms with Crippen molar-refractivity contribution < 1.29 is 9.90 Å². The molecular weight excluding hydrogens is 312 g/mol. The van der Waals surface area contributed by atoms with Crippen LogP contribution in [0.4, 0.5) is 5.69 Å². The minimum absolute atomic E-state index is 0.0949. The van der Waals surface area contributed by atoms with E-state index < -0.39 is 0 Å². The number of amides is 1. The molecule has 4 nitrogen and oxygen atoms in total. The Labute approximate surface area is 151 Å². The van der Waals surface area contributed by atoms with Crippen molar-refractivity contribution in [3.8, 4) is 0 Å². The second-order valence-corrected chi connectivity index (χ2v) is 7.73. The second kappa shape index (κ2) is 8.70. The first-order chi connectivity index (χ1) is 12.2. The number of hydrogen-bond acceptors (Lipinski definition) is 3. The van der Waals surface area contributed by atoms with E-state index in [0.29, 0.717) is 12.6 Å². The fourth-order valence-corrected chi connectivity index (χ4v) is 4.42. The Bertz CT molecular complexity index is 575. The van der Waals surface area contributed by atoms with Crippen LogP contribution in [0.1, 0.15) is 62.2 Å². The zero-order chi connectivity index (χ0) is 17.6. The van der Waals surface area contributed by atoms with Gasteiger partial charge in [0.2, 0.25) is 0 Å². The Morgan fingerprint density at radius 3 is 2.88 bits per heavy atom. The van der Waals surface area contributed by atoms with E-state index >= 15 is 0 Å². The molecule has 3 rings (SSSR count). The first-order valence-corrected chi connectivity index (χ1v) is 9.98. The molecule has 1 aliphatic heterocycles. The summed E-state index contributed by atoms with van der Waals surface area (Å²) >= 11 is 0. The number of aliphatic hydroxyl groups is 1. The highest BCUT2D eigenvalue weighted by molar-refractivity contribution is 5.95. The molecule has 2 N–H and O–H groups in total. The monoisotopic (exact) mass is 344 g/mol. The molecular formula is C21H32N2O2. The van der Waals surface area contributed by atoms with Crippen LogP contribution in [-0.4, -0.2) is 41.7 Å². The molecule has 25 heavy (non-hydrogen) atoms. The van der Waals surface area contributed by atoms with Crippen molar-refractivity contribution in [1.29, 1.82) is 0 Å². The van der Waals surface area contributed by atoms with Crippen LogP contribution in [0, 0.1) is 11.8 Å². The van der Waals surface area contributed by atoms with Gasteiger partial charge in [0.15, 0.2) is 0 Å². The van der Waals surface area contributed by atoms with Crippen LogP contribution in [-0.2, 0) is 0 Å². The maximum Gasteiger partial charge on any atom is 0.253 e. The molecule has 1 aromatic rings. The lowest BCUT2D eigenvalue weighted by atomic mass is 9.83.